The predicted molar refractivity (Wildman–Crippen MR) is 181 cm³/mol. The van der Waals surface area contributed by atoms with Crippen molar-refractivity contribution in [3.63, 3.8) is 0 Å². The van der Waals surface area contributed by atoms with Crippen LogP contribution >= 0.6 is 0 Å². The Morgan fingerprint density at radius 1 is 0.872 bits per heavy atom. The highest BCUT2D eigenvalue weighted by molar-refractivity contribution is 5.90. The number of rotatable bonds is 10. The zero-order valence-electron chi connectivity index (χ0n) is 27.6. The van der Waals surface area contributed by atoms with E-state index in [-0.39, 0.29) is 17.9 Å². The zero-order valence-corrected chi connectivity index (χ0v) is 27.6. The minimum absolute atomic E-state index is 0.0905. The van der Waals surface area contributed by atoms with Crippen molar-refractivity contribution in [1.82, 2.24) is 24.6 Å². The second-order valence-electron chi connectivity index (χ2n) is 13.0. The van der Waals surface area contributed by atoms with Gasteiger partial charge in [-0.25, -0.2) is 19.4 Å². The number of hydrogen-bond acceptors (Lipinski definition) is 7. The SMILES string of the molecule is CCOC(=O)c1cnn(-c2cccc(C3CC(Nc4ccc(C5CCN(C(=O)C6CC6)CC5)c(CC)n4)c4ccccc43)n2)c1CC. The number of fused-ring (bicyclic) bond motifs is 1. The van der Waals surface area contributed by atoms with Gasteiger partial charge in [-0.3, -0.25) is 4.79 Å². The third-order valence-electron chi connectivity index (χ3n) is 10.1. The van der Waals surface area contributed by atoms with Crippen LogP contribution < -0.4 is 5.32 Å². The molecule has 9 nitrogen and oxygen atoms in total. The number of carbonyl (C=O) groups is 2. The number of ether oxygens (including phenoxy) is 1. The lowest BCUT2D eigenvalue weighted by atomic mass is 9.87. The molecule has 1 aromatic carbocycles. The molecule has 1 N–H and O–H groups in total. The summed E-state index contributed by atoms with van der Waals surface area (Å²) in [6.45, 7) is 8.02. The van der Waals surface area contributed by atoms with E-state index in [4.69, 9.17) is 14.7 Å². The number of esters is 1. The van der Waals surface area contributed by atoms with Crippen LogP contribution in [0.2, 0.25) is 0 Å². The van der Waals surface area contributed by atoms with Crippen LogP contribution in [-0.4, -0.2) is 56.2 Å². The molecule has 7 rings (SSSR count). The Labute approximate surface area is 276 Å². The molecule has 4 aromatic rings. The van der Waals surface area contributed by atoms with Crippen LogP contribution in [0.25, 0.3) is 5.82 Å². The number of carbonyl (C=O) groups excluding carboxylic acids is 2. The van der Waals surface area contributed by atoms with E-state index in [9.17, 15) is 9.59 Å². The molecule has 244 valence electrons. The number of nitrogens with zero attached hydrogens (tertiary/aromatic N) is 5. The van der Waals surface area contributed by atoms with Gasteiger partial charge in [-0.2, -0.15) is 5.10 Å². The van der Waals surface area contributed by atoms with Crippen molar-refractivity contribution in [3.05, 3.63) is 100 Å². The monoisotopic (exact) mass is 632 g/mol. The van der Waals surface area contributed by atoms with Gasteiger partial charge in [0.1, 0.15) is 11.4 Å². The largest absolute Gasteiger partial charge is 0.462 e. The maximum atomic E-state index is 12.6. The number of nitrogens with one attached hydrogen (secondary N) is 1. The molecule has 1 aliphatic heterocycles. The number of amides is 1. The number of benzene rings is 1. The Morgan fingerprint density at radius 2 is 1.66 bits per heavy atom. The van der Waals surface area contributed by atoms with Gasteiger partial charge >= 0.3 is 5.97 Å². The van der Waals surface area contributed by atoms with Gasteiger partial charge in [-0.05, 0) is 92.7 Å². The van der Waals surface area contributed by atoms with Crippen molar-refractivity contribution in [2.24, 2.45) is 5.92 Å². The average molecular weight is 633 g/mol. The van der Waals surface area contributed by atoms with E-state index in [2.05, 4.69) is 64.7 Å². The first kappa shape index (κ1) is 31.1. The van der Waals surface area contributed by atoms with Gasteiger partial charge in [0.25, 0.3) is 0 Å². The Hall–Kier alpha value is -4.53. The van der Waals surface area contributed by atoms with E-state index >= 15 is 0 Å². The van der Waals surface area contributed by atoms with Crippen LogP contribution in [0, 0.1) is 5.92 Å². The van der Waals surface area contributed by atoms with E-state index in [1.165, 1.54) is 16.7 Å². The number of aromatic nitrogens is 4. The van der Waals surface area contributed by atoms with Crippen LogP contribution in [0.1, 0.15) is 115 Å². The fraction of sp³-hybridized carbons (Fsp3) is 0.447. The van der Waals surface area contributed by atoms with E-state index < -0.39 is 0 Å². The smallest absolute Gasteiger partial charge is 0.341 e. The number of aryl methyl sites for hydroxylation is 1. The van der Waals surface area contributed by atoms with Crippen LogP contribution in [0.15, 0.2) is 60.8 Å². The standard InChI is InChI=1S/C38H44N6O3/c1-4-31-26(24-18-20-43(21-19-24)37(45)25-14-15-25)16-17-35(40-31)41-33-22-29(27-10-7-8-11-28(27)33)32-12-9-13-36(42-32)44-34(5-2)30(23-39-44)38(46)47-6-3/h7-13,16-17,23-25,29,33H,4-6,14-15,18-22H2,1-3H3,(H,40,41). The zero-order chi connectivity index (χ0) is 32.5. The molecule has 1 saturated heterocycles. The normalized spacial score (nSPS) is 19.4. The van der Waals surface area contributed by atoms with Gasteiger partial charge in [0, 0.05) is 30.6 Å². The summed E-state index contributed by atoms with van der Waals surface area (Å²) >= 11 is 0. The summed E-state index contributed by atoms with van der Waals surface area (Å²) in [5.74, 6) is 2.43. The first-order chi connectivity index (χ1) is 23.0. The first-order valence-corrected chi connectivity index (χ1v) is 17.3. The number of anilines is 1. The van der Waals surface area contributed by atoms with Crippen molar-refractivity contribution >= 4 is 17.7 Å². The summed E-state index contributed by atoms with van der Waals surface area (Å²) in [5, 5.41) is 8.31. The lowest BCUT2D eigenvalue weighted by Crippen LogP contribution is -2.38. The number of pyridine rings is 2. The first-order valence-electron chi connectivity index (χ1n) is 17.3. The van der Waals surface area contributed by atoms with Gasteiger partial charge in [0.15, 0.2) is 5.82 Å². The summed E-state index contributed by atoms with van der Waals surface area (Å²) in [5.41, 5.74) is 7.25. The molecule has 1 amide bonds. The molecule has 3 aromatic heterocycles. The molecule has 0 spiro atoms. The van der Waals surface area contributed by atoms with Gasteiger partial charge in [-0.15, -0.1) is 0 Å². The number of likely N-dealkylation sites (tertiary alicyclic amines) is 1. The summed E-state index contributed by atoms with van der Waals surface area (Å²) in [7, 11) is 0. The van der Waals surface area contributed by atoms with Gasteiger partial charge in [-0.1, -0.05) is 50.2 Å². The number of hydrogen-bond donors (Lipinski definition) is 1. The highest BCUT2D eigenvalue weighted by Crippen LogP contribution is 2.45. The lowest BCUT2D eigenvalue weighted by molar-refractivity contribution is -0.133. The molecule has 1 saturated carbocycles. The van der Waals surface area contributed by atoms with Crippen molar-refractivity contribution in [3.8, 4) is 5.82 Å². The van der Waals surface area contributed by atoms with Crippen LogP contribution in [-0.2, 0) is 22.4 Å². The topological polar surface area (TPSA) is 102 Å². The summed E-state index contributed by atoms with van der Waals surface area (Å²) in [4.78, 5) is 37.4. The highest BCUT2D eigenvalue weighted by Gasteiger charge is 2.36. The van der Waals surface area contributed by atoms with Gasteiger partial charge in [0.2, 0.25) is 5.91 Å². The maximum Gasteiger partial charge on any atom is 0.341 e. The molecular formula is C38H44N6O3. The molecule has 4 heterocycles. The van der Waals surface area contributed by atoms with Crippen molar-refractivity contribution in [1.29, 1.82) is 0 Å². The van der Waals surface area contributed by atoms with Gasteiger partial charge < -0.3 is 15.0 Å². The molecule has 9 heteroatoms. The molecule has 0 bridgehead atoms. The minimum Gasteiger partial charge on any atom is -0.462 e. The Bertz CT molecular complexity index is 1770. The molecular weight excluding hydrogens is 588 g/mol. The summed E-state index contributed by atoms with van der Waals surface area (Å²) in [6, 6.07) is 19.1. The molecule has 0 radical (unpaired) electrons. The maximum absolute atomic E-state index is 12.6. The van der Waals surface area contributed by atoms with Gasteiger partial charge in [0.05, 0.1) is 30.2 Å². The molecule has 2 atom stereocenters. The lowest BCUT2D eigenvalue weighted by Gasteiger charge is -2.33. The van der Waals surface area contributed by atoms with Crippen LogP contribution in [0.3, 0.4) is 0 Å². The van der Waals surface area contributed by atoms with Crippen molar-refractivity contribution in [2.75, 3.05) is 25.0 Å². The van der Waals surface area contributed by atoms with E-state index in [0.29, 0.717) is 42.2 Å². The van der Waals surface area contributed by atoms with Crippen molar-refractivity contribution < 1.29 is 14.3 Å². The molecule has 2 aliphatic carbocycles. The minimum atomic E-state index is -0.357. The molecule has 47 heavy (non-hydrogen) atoms. The highest BCUT2D eigenvalue weighted by atomic mass is 16.5. The second kappa shape index (κ2) is 13.3. The summed E-state index contributed by atoms with van der Waals surface area (Å²) in [6.07, 6.45) is 8.08. The third kappa shape index (κ3) is 6.15. The second-order valence-corrected chi connectivity index (χ2v) is 13.0. The predicted octanol–water partition coefficient (Wildman–Crippen LogP) is 6.77. The number of piperidine rings is 1. The fourth-order valence-corrected chi connectivity index (χ4v) is 7.52. The summed E-state index contributed by atoms with van der Waals surface area (Å²) < 4.78 is 7.02. The Kier molecular flexibility index (Phi) is 8.80. The Morgan fingerprint density at radius 3 is 2.38 bits per heavy atom. The molecule has 2 unspecified atom stereocenters. The average Bonchev–Trinajstić information content (AvgIpc) is 3.77. The van der Waals surface area contributed by atoms with E-state index in [1.54, 1.807) is 17.8 Å². The quantitative estimate of drug-likeness (QED) is 0.193. The third-order valence-corrected chi connectivity index (χ3v) is 10.1. The van der Waals surface area contributed by atoms with Crippen molar-refractivity contribution in [2.45, 2.75) is 83.6 Å². The fourth-order valence-electron chi connectivity index (χ4n) is 7.52. The Balaban J connectivity index is 1.09. The van der Waals surface area contributed by atoms with E-state index in [0.717, 1.165) is 74.5 Å². The van der Waals surface area contributed by atoms with Crippen LogP contribution in [0.4, 0.5) is 5.82 Å². The molecule has 3 aliphatic rings. The van der Waals surface area contributed by atoms with Crippen LogP contribution in [0.5, 0.6) is 0 Å². The molecule has 2 fully saturated rings. The van der Waals surface area contributed by atoms with E-state index in [1.807, 2.05) is 19.1 Å².